The Morgan fingerprint density at radius 1 is 1.50 bits per heavy atom. The van der Waals surface area contributed by atoms with Gasteiger partial charge in [0.15, 0.2) is 5.13 Å². The van der Waals surface area contributed by atoms with Crippen molar-refractivity contribution in [3.8, 4) is 0 Å². The molecule has 2 atom stereocenters. The number of sulfonamides is 1. The van der Waals surface area contributed by atoms with Gasteiger partial charge in [0, 0.05) is 18.0 Å². The van der Waals surface area contributed by atoms with Crippen molar-refractivity contribution in [1.82, 2.24) is 10.3 Å². The smallest absolute Gasteiger partial charge is 0.231 e. The van der Waals surface area contributed by atoms with Crippen LogP contribution in [0, 0.1) is 5.92 Å². The number of thiazole rings is 1. The molecule has 1 aromatic rings. The van der Waals surface area contributed by atoms with E-state index in [0.717, 1.165) is 17.6 Å². The quantitative estimate of drug-likeness (QED) is 0.664. The van der Waals surface area contributed by atoms with Gasteiger partial charge in [-0.1, -0.05) is 6.92 Å². The normalized spacial score (nSPS) is 14.6. The molecule has 0 aliphatic heterocycles. The third-order valence-electron chi connectivity index (χ3n) is 2.70. The van der Waals surface area contributed by atoms with Crippen LogP contribution in [0.3, 0.4) is 0 Å². The molecular formula is C11H19N3O4S2. The molecule has 0 saturated carbocycles. The second-order valence-electron chi connectivity index (χ2n) is 4.71. The van der Waals surface area contributed by atoms with Gasteiger partial charge in [0.1, 0.15) is 0 Å². The van der Waals surface area contributed by atoms with Crippen LogP contribution in [0.5, 0.6) is 0 Å². The Labute approximate surface area is 122 Å². The van der Waals surface area contributed by atoms with E-state index < -0.39 is 10.0 Å². The van der Waals surface area contributed by atoms with Gasteiger partial charge >= 0.3 is 0 Å². The average molecular weight is 321 g/mol. The van der Waals surface area contributed by atoms with E-state index in [2.05, 4.69) is 15.0 Å². The molecule has 7 nitrogen and oxygen atoms in total. The minimum absolute atomic E-state index is 0.000571. The monoisotopic (exact) mass is 321 g/mol. The second kappa shape index (κ2) is 7.00. The number of hydrogen-bond acceptors (Lipinski definition) is 6. The first-order valence-electron chi connectivity index (χ1n) is 6.03. The maximum atomic E-state index is 11.8. The topological polar surface area (TPSA) is 108 Å². The van der Waals surface area contributed by atoms with E-state index in [9.17, 15) is 13.2 Å². The summed E-state index contributed by atoms with van der Waals surface area (Å²) in [5, 5.41) is 13.6. The summed E-state index contributed by atoms with van der Waals surface area (Å²) in [5.74, 6) is -0.245. The highest BCUT2D eigenvalue weighted by atomic mass is 32.2. The summed E-state index contributed by atoms with van der Waals surface area (Å²) in [6, 6.07) is -0.139. The molecule has 2 unspecified atom stereocenters. The highest BCUT2D eigenvalue weighted by molar-refractivity contribution is 7.92. The molecule has 0 aromatic carbocycles. The van der Waals surface area contributed by atoms with Gasteiger partial charge in [-0.3, -0.25) is 9.52 Å². The zero-order chi connectivity index (χ0) is 15.3. The van der Waals surface area contributed by atoms with Gasteiger partial charge in [-0.15, -0.1) is 11.3 Å². The van der Waals surface area contributed by atoms with E-state index in [1.165, 1.54) is 0 Å². The SMILES string of the molecule is CC(CO)C(C)NC(=O)Cc1csc(NS(C)(=O)=O)n1. The summed E-state index contributed by atoms with van der Waals surface area (Å²) in [6.45, 7) is 3.65. The zero-order valence-corrected chi connectivity index (χ0v) is 13.2. The lowest BCUT2D eigenvalue weighted by Gasteiger charge is -2.18. The maximum Gasteiger partial charge on any atom is 0.231 e. The number of anilines is 1. The summed E-state index contributed by atoms with van der Waals surface area (Å²) >= 11 is 1.13. The third-order valence-corrected chi connectivity index (χ3v) is 4.20. The van der Waals surface area contributed by atoms with Gasteiger partial charge in [0.2, 0.25) is 15.9 Å². The van der Waals surface area contributed by atoms with Crippen molar-refractivity contribution in [2.75, 3.05) is 17.6 Å². The number of nitrogens with zero attached hydrogens (tertiary/aromatic N) is 1. The van der Waals surface area contributed by atoms with Crippen LogP contribution < -0.4 is 10.0 Å². The van der Waals surface area contributed by atoms with E-state index in [1.54, 1.807) is 5.38 Å². The minimum atomic E-state index is -3.36. The largest absolute Gasteiger partial charge is 0.396 e. The van der Waals surface area contributed by atoms with Crippen LogP contribution >= 0.6 is 11.3 Å². The Hall–Kier alpha value is -1.19. The van der Waals surface area contributed by atoms with E-state index in [-0.39, 0.29) is 36.0 Å². The summed E-state index contributed by atoms with van der Waals surface area (Å²) in [4.78, 5) is 15.8. The Balaban J connectivity index is 2.55. The number of aliphatic hydroxyl groups is 1. The van der Waals surface area contributed by atoms with Crippen molar-refractivity contribution < 1.29 is 18.3 Å². The molecule has 1 heterocycles. The molecule has 3 N–H and O–H groups in total. The van der Waals surface area contributed by atoms with Crippen LogP contribution in [0.25, 0.3) is 0 Å². The van der Waals surface area contributed by atoms with Crippen molar-refractivity contribution in [2.45, 2.75) is 26.3 Å². The van der Waals surface area contributed by atoms with Gasteiger partial charge in [-0.2, -0.15) is 0 Å². The van der Waals surface area contributed by atoms with Crippen molar-refractivity contribution in [3.63, 3.8) is 0 Å². The second-order valence-corrected chi connectivity index (χ2v) is 7.32. The molecule has 1 amide bonds. The highest BCUT2D eigenvalue weighted by Crippen LogP contribution is 2.16. The molecule has 20 heavy (non-hydrogen) atoms. The summed E-state index contributed by atoms with van der Waals surface area (Å²) in [7, 11) is -3.36. The lowest BCUT2D eigenvalue weighted by molar-refractivity contribution is -0.121. The minimum Gasteiger partial charge on any atom is -0.396 e. The highest BCUT2D eigenvalue weighted by Gasteiger charge is 2.15. The first kappa shape index (κ1) is 16.9. The van der Waals surface area contributed by atoms with Crippen LogP contribution in [-0.4, -0.2) is 43.3 Å². The van der Waals surface area contributed by atoms with Crippen molar-refractivity contribution >= 4 is 32.4 Å². The average Bonchev–Trinajstić information content (AvgIpc) is 2.72. The fourth-order valence-electron chi connectivity index (χ4n) is 1.36. The molecular weight excluding hydrogens is 302 g/mol. The van der Waals surface area contributed by atoms with Gasteiger partial charge in [-0.25, -0.2) is 13.4 Å². The molecule has 0 radical (unpaired) electrons. The predicted octanol–water partition coefficient (Wildman–Crippen LogP) is 0.190. The molecule has 0 spiro atoms. The van der Waals surface area contributed by atoms with Crippen molar-refractivity contribution in [3.05, 3.63) is 11.1 Å². The standard InChI is InChI=1S/C11H19N3O4S2/c1-7(5-15)8(2)12-10(16)4-9-6-19-11(13-9)14-20(3,17)18/h6-8,15H,4-5H2,1-3H3,(H,12,16)(H,13,14). The van der Waals surface area contributed by atoms with Crippen LogP contribution in [0.1, 0.15) is 19.5 Å². The van der Waals surface area contributed by atoms with E-state index in [4.69, 9.17) is 5.11 Å². The molecule has 1 aromatic heterocycles. The molecule has 0 fully saturated rings. The zero-order valence-electron chi connectivity index (χ0n) is 11.6. The van der Waals surface area contributed by atoms with E-state index in [1.807, 2.05) is 13.8 Å². The maximum absolute atomic E-state index is 11.8. The molecule has 0 aliphatic rings. The molecule has 9 heteroatoms. The van der Waals surface area contributed by atoms with Crippen molar-refractivity contribution in [1.29, 1.82) is 0 Å². The van der Waals surface area contributed by atoms with E-state index in [0.29, 0.717) is 5.69 Å². The number of carbonyl (C=O) groups excluding carboxylic acids is 1. The summed E-state index contributed by atoms with van der Waals surface area (Å²) < 4.78 is 24.3. The first-order valence-corrected chi connectivity index (χ1v) is 8.80. The number of aliphatic hydroxyl groups excluding tert-OH is 1. The Morgan fingerprint density at radius 3 is 2.70 bits per heavy atom. The Kier molecular flexibility index (Phi) is 5.90. The Bertz CT molecular complexity index is 556. The van der Waals surface area contributed by atoms with Crippen LogP contribution in [0.2, 0.25) is 0 Å². The van der Waals surface area contributed by atoms with Gasteiger partial charge in [0.25, 0.3) is 0 Å². The van der Waals surface area contributed by atoms with Crippen LogP contribution in [0.4, 0.5) is 5.13 Å². The number of hydrogen-bond donors (Lipinski definition) is 3. The van der Waals surface area contributed by atoms with Gasteiger partial charge in [-0.05, 0) is 12.8 Å². The lowest BCUT2D eigenvalue weighted by atomic mass is 10.1. The molecule has 114 valence electrons. The molecule has 1 rings (SSSR count). The third kappa shape index (κ3) is 5.85. The summed E-state index contributed by atoms with van der Waals surface area (Å²) in [6.07, 6.45) is 1.11. The number of aromatic nitrogens is 1. The number of rotatable bonds is 7. The number of carbonyl (C=O) groups is 1. The first-order chi connectivity index (χ1) is 9.21. The molecule has 0 saturated heterocycles. The predicted molar refractivity (Wildman–Crippen MR) is 78.1 cm³/mol. The Morgan fingerprint density at radius 2 is 2.15 bits per heavy atom. The molecule has 0 bridgehead atoms. The summed E-state index contributed by atoms with van der Waals surface area (Å²) in [5.41, 5.74) is 0.502. The fourth-order valence-corrected chi connectivity index (χ4v) is 2.93. The van der Waals surface area contributed by atoms with E-state index >= 15 is 0 Å². The molecule has 0 aliphatic carbocycles. The number of nitrogens with one attached hydrogen (secondary N) is 2. The van der Waals surface area contributed by atoms with Crippen LogP contribution in [-0.2, 0) is 21.2 Å². The van der Waals surface area contributed by atoms with Crippen molar-refractivity contribution in [2.24, 2.45) is 5.92 Å². The number of amides is 1. The van der Waals surface area contributed by atoms with Crippen LogP contribution in [0.15, 0.2) is 5.38 Å². The lowest BCUT2D eigenvalue weighted by Crippen LogP contribution is -2.39. The fraction of sp³-hybridized carbons (Fsp3) is 0.636. The van der Waals surface area contributed by atoms with Gasteiger partial charge < -0.3 is 10.4 Å². The van der Waals surface area contributed by atoms with Gasteiger partial charge in [0.05, 0.1) is 18.4 Å².